The predicted molar refractivity (Wildman–Crippen MR) is 106 cm³/mol. The van der Waals surface area contributed by atoms with Crippen LogP contribution in [0.3, 0.4) is 0 Å². The second-order valence-electron chi connectivity index (χ2n) is 7.01. The zero-order chi connectivity index (χ0) is 20.7. The summed E-state index contributed by atoms with van der Waals surface area (Å²) >= 11 is 0. The van der Waals surface area contributed by atoms with Crippen molar-refractivity contribution in [2.75, 3.05) is 19.6 Å². The maximum absolute atomic E-state index is 12.4. The second kappa shape index (κ2) is 9.66. The molecule has 7 nitrogen and oxygen atoms in total. The third kappa shape index (κ3) is 7.52. The average Bonchev–Trinajstić information content (AvgIpc) is 2.58. The smallest absolute Gasteiger partial charge is 0.244 e. The molecule has 0 aliphatic rings. The van der Waals surface area contributed by atoms with Crippen molar-refractivity contribution in [3.05, 3.63) is 35.9 Å². The van der Waals surface area contributed by atoms with Gasteiger partial charge in [0.2, 0.25) is 21.8 Å². The summed E-state index contributed by atoms with van der Waals surface area (Å²) in [5.41, 5.74) is 0.327. The zero-order valence-electron chi connectivity index (χ0n) is 16.6. The van der Waals surface area contributed by atoms with E-state index in [2.05, 4.69) is 10.6 Å². The van der Waals surface area contributed by atoms with Crippen LogP contribution in [0.25, 0.3) is 6.08 Å². The molecule has 27 heavy (non-hydrogen) atoms. The molecule has 0 saturated carbocycles. The van der Waals surface area contributed by atoms with Crippen LogP contribution in [-0.2, 0) is 19.6 Å². The average molecular weight is 396 g/mol. The van der Waals surface area contributed by atoms with Crippen molar-refractivity contribution in [2.45, 2.75) is 45.1 Å². The number of carbonyl (C=O) groups is 2. The summed E-state index contributed by atoms with van der Waals surface area (Å²) in [7, 11) is -3.50. The molecule has 0 unspecified atom stereocenters. The molecule has 1 aromatic carbocycles. The van der Waals surface area contributed by atoms with E-state index in [1.54, 1.807) is 32.1 Å². The van der Waals surface area contributed by atoms with Gasteiger partial charge in [-0.3, -0.25) is 9.59 Å². The summed E-state index contributed by atoms with van der Waals surface area (Å²) in [6.45, 7) is 9.86. The largest absolute Gasteiger partial charge is 0.350 e. The van der Waals surface area contributed by atoms with E-state index >= 15 is 0 Å². The molecule has 0 heterocycles. The summed E-state index contributed by atoms with van der Waals surface area (Å²) in [6, 6.07) is 6.29. The molecule has 0 atom stereocenters. The lowest BCUT2D eigenvalue weighted by Gasteiger charge is -2.20. The fourth-order valence-electron chi connectivity index (χ4n) is 2.32. The van der Waals surface area contributed by atoms with Gasteiger partial charge in [-0.2, -0.15) is 4.31 Å². The molecular weight excluding hydrogens is 366 g/mol. The summed E-state index contributed by atoms with van der Waals surface area (Å²) in [5, 5.41) is 5.25. The van der Waals surface area contributed by atoms with Gasteiger partial charge >= 0.3 is 0 Å². The van der Waals surface area contributed by atoms with Gasteiger partial charge in [0.1, 0.15) is 0 Å². The molecule has 0 aliphatic heterocycles. The number of rotatable bonds is 8. The van der Waals surface area contributed by atoms with Gasteiger partial charge in [0.15, 0.2) is 0 Å². The summed E-state index contributed by atoms with van der Waals surface area (Å²) < 4.78 is 26.2. The van der Waals surface area contributed by atoms with Crippen LogP contribution in [0.1, 0.15) is 40.2 Å². The summed E-state index contributed by atoms with van der Waals surface area (Å²) in [5.74, 6) is -0.672. The Morgan fingerprint density at radius 3 is 2.11 bits per heavy atom. The van der Waals surface area contributed by atoms with Crippen LogP contribution >= 0.6 is 0 Å². The van der Waals surface area contributed by atoms with Crippen LogP contribution in [0.15, 0.2) is 35.2 Å². The lowest BCUT2D eigenvalue weighted by atomic mass is 10.1. The number of nitrogens with zero attached hydrogens (tertiary/aromatic N) is 1. The predicted octanol–water partition coefficient (Wildman–Crippen LogP) is 1.76. The molecule has 0 aromatic heterocycles. The Morgan fingerprint density at radius 1 is 1.07 bits per heavy atom. The van der Waals surface area contributed by atoms with Crippen LogP contribution < -0.4 is 10.6 Å². The van der Waals surface area contributed by atoms with Crippen LogP contribution in [0.4, 0.5) is 0 Å². The van der Waals surface area contributed by atoms with Crippen molar-refractivity contribution in [1.82, 2.24) is 14.9 Å². The Labute approximate surface area is 161 Å². The number of benzene rings is 1. The first-order chi connectivity index (χ1) is 12.5. The lowest BCUT2D eigenvalue weighted by Crippen LogP contribution is -2.45. The molecule has 0 spiro atoms. The van der Waals surface area contributed by atoms with E-state index in [9.17, 15) is 18.0 Å². The molecule has 8 heteroatoms. The molecule has 0 fully saturated rings. The monoisotopic (exact) mass is 395 g/mol. The number of hydrogen-bond donors (Lipinski definition) is 2. The molecule has 0 bridgehead atoms. The van der Waals surface area contributed by atoms with Crippen molar-refractivity contribution in [1.29, 1.82) is 0 Å². The Hall–Kier alpha value is -2.19. The van der Waals surface area contributed by atoms with E-state index in [-0.39, 0.29) is 22.9 Å². The first kappa shape index (κ1) is 22.9. The SMILES string of the molecule is CCN(CC)S(=O)(=O)c1ccc(/C=C/C(=O)NCC(=O)NC(C)(C)C)cc1. The minimum Gasteiger partial charge on any atom is -0.350 e. The van der Waals surface area contributed by atoms with Crippen molar-refractivity contribution < 1.29 is 18.0 Å². The van der Waals surface area contributed by atoms with Crippen molar-refractivity contribution in [3.8, 4) is 0 Å². The third-order valence-corrected chi connectivity index (χ3v) is 5.65. The van der Waals surface area contributed by atoms with Crippen LogP contribution in [-0.4, -0.2) is 49.7 Å². The minimum atomic E-state index is -3.50. The Kier molecular flexibility index (Phi) is 8.18. The second-order valence-corrected chi connectivity index (χ2v) is 8.95. The highest BCUT2D eigenvalue weighted by atomic mass is 32.2. The molecule has 0 aliphatic carbocycles. The molecule has 2 N–H and O–H groups in total. The van der Waals surface area contributed by atoms with Gasteiger partial charge in [0.25, 0.3) is 0 Å². The number of carbonyl (C=O) groups excluding carboxylic acids is 2. The number of hydrogen-bond acceptors (Lipinski definition) is 4. The zero-order valence-corrected chi connectivity index (χ0v) is 17.4. The van der Waals surface area contributed by atoms with Gasteiger partial charge in [-0.15, -0.1) is 0 Å². The number of nitrogens with one attached hydrogen (secondary N) is 2. The molecular formula is C19H29N3O4S. The molecule has 0 radical (unpaired) electrons. The number of amides is 2. The highest BCUT2D eigenvalue weighted by Gasteiger charge is 2.21. The van der Waals surface area contributed by atoms with Gasteiger partial charge in [0, 0.05) is 24.7 Å². The summed E-state index contributed by atoms with van der Waals surface area (Å²) in [6.07, 6.45) is 2.86. The summed E-state index contributed by atoms with van der Waals surface area (Å²) in [4.78, 5) is 23.7. The fourth-order valence-corrected chi connectivity index (χ4v) is 3.78. The van der Waals surface area contributed by atoms with Gasteiger partial charge in [-0.25, -0.2) is 8.42 Å². The van der Waals surface area contributed by atoms with Crippen molar-refractivity contribution in [3.63, 3.8) is 0 Å². The van der Waals surface area contributed by atoms with Crippen molar-refractivity contribution >= 4 is 27.9 Å². The van der Waals surface area contributed by atoms with Gasteiger partial charge < -0.3 is 10.6 Å². The topological polar surface area (TPSA) is 95.6 Å². The Bertz CT molecular complexity index is 774. The fraction of sp³-hybridized carbons (Fsp3) is 0.474. The first-order valence-electron chi connectivity index (χ1n) is 8.86. The Balaban J connectivity index is 2.67. The van der Waals surface area contributed by atoms with E-state index < -0.39 is 15.9 Å². The lowest BCUT2D eigenvalue weighted by molar-refractivity contribution is -0.124. The van der Waals surface area contributed by atoms with E-state index in [1.807, 2.05) is 20.8 Å². The van der Waals surface area contributed by atoms with Crippen LogP contribution in [0.5, 0.6) is 0 Å². The molecule has 1 rings (SSSR count). The molecule has 1 aromatic rings. The normalized spacial score (nSPS) is 12.4. The quantitative estimate of drug-likeness (QED) is 0.656. The van der Waals surface area contributed by atoms with Crippen molar-refractivity contribution in [2.24, 2.45) is 0 Å². The maximum Gasteiger partial charge on any atom is 0.244 e. The highest BCUT2D eigenvalue weighted by Crippen LogP contribution is 2.16. The minimum absolute atomic E-state index is 0.110. The van der Waals surface area contributed by atoms with Gasteiger partial charge in [0.05, 0.1) is 11.4 Å². The standard InChI is InChI=1S/C19H29N3O4S/c1-6-22(7-2)27(25,26)16-11-8-15(9-12-16)10-13-17(23)20-14-18(24)21-19(3,4)5/h8-13H,6-7,14H2,1-5H3,(H,20,23)(H,21,24)/b13-10+. The maximum atomic E-state index is 12.4. The Morgan fingerprint density at radius 2 is 1.63 bits per heavy atom. The molecule has 2 amide bonds. The van der Waals surface area contributed by atoms with E-state index in [0.29, 0.717) is 18.7 Å². The molecule has 0 saturated heterocycles. The first-order valence-corrected chi connectivity index (χ1v) is 10.3. The molecule has 150 valence electrons. The van der Waals surface area contributed by atoms with E-state index in [1.165, 1.54) is 22.5 Å². The van der Waals surface area contributed by atoms with E-state index in [0.717, 1.165) is 0 Å². The van der Waals surface area contributed by atoms with Crippen LogP contribution in [0, 0.1) is 0 Å². The van der Waals surface area contributed by atoms with E-state index in [4.69, 9.17) is 0 Å². The van der Waals surface area contributed by atoms with Crippen LogP contribution in [0.2, 0.25) is 0 Å². The highest BCUT2D eigenvalue weighted by molar-refractivity contribution is 7.89. The third-order valence-electron chi connectivity index (χ3n) is 3.59. The van der Waals surface area contributed by atoms with Gasteiger partial charge in [-0.05, 0) is 44.5 Å². The van der Waals surface area contributed by atoms with Gasteiger partial charge in [-0.1, -0.05) is 26.0 Å². The number of sulfonamides is 1.